The molecule has 1 unspecified atom stereocenters. The van der Waals surface area contributed by atoms with Gasteiger partial charge in [0.05, 0.1) is 11.1 Å². The summed E-state index contributed by atoms with van der Waals surface area (Å²) in [6.07, 6.45) is 1.11. The number of fused-ring (bicyclic) bond motifs is 1. The summed E-state index contributed by atoms with van der Waals surface area (Å²) in [5.41, 5.74) is 0.794. The van der Waals surface area contributed by atoms with Crippen LogP contribution in [0.2, 0.25) is 5.02 Å². The smallest absolute Gasteiger partial charge is 0.152 e. The van der Waals surface area contributed by atoms with Crippen LogP contribution in [0.25, 0.3) is 11.0 Å². The molecule has 0 saturated carbocycles. The van der Waals surface area contributed by atoms with E-state index in [1.165, 1.54) is 0 Å². The van der Waals surface area contributed by atoms with Crippen molar-refractivity contribution in [1.29, 1.82) is 0 Å². The van der Waals surface area contributed by atoms with Crippen LogP contribution >= 0.6 is 23.4 Å². The van der Waals surface area contributed by atoms with Crippen molar-refractivity contribution in [2.75, 3.05) is 12.3 Å². The molecule has 0 aliphatic heterocycles. The van der Waals surface area contributed by atoms with Gasteiger partial charge in [-0.3, -0.25) is 0 Å². The molecule has 0 bridgehead atoms. The minimum Gasteiger partial charge on any atom is -0.458 e. The molecule has 0 amide bonds. The summed E-state index contributed by atoms with van der Waals surface area (Å²) in [5.74, 6) is 1.99. The Bertz CT molecular complexity index is 552. The van der Waals surface area contributed by atoms with E-state index in [9.17, 15) is 0 Å². The molecule has 4 heteroatoms. The van der Waals surface area contributed by atoms with Crippen LogP contribution in [-0.2, 0) is 0 Å². The molecular weight excluding hydrogens is 290 g/mol. The standard InChI is InChI=1S/C16H22ClNOS/c1-4-8-18-14(10-20-11(2)3)15-9-12-6-5-7-13(17)16(12)19-15/h5-7,9,11,14,18H,4,8,10H2,1-3H3. The predicted octanol–water partition coefficient (Wildman–Crippen LogP) is 5.27. The minimum atomic E-state index is 0.241. The number of thioether (sulfide) groups is 1. The number of hydrogen-bond acceptors (Lipinski definition) is 3. The maximum absolute atomic E-state index is 6.19. The highest BCUT2D eigenvalue weighted by molar-refractivity contribution is 7.99. The summed E-state index contributed by atoms with van der Waals surface area (Å²) in [4.78, 5) is 0. The van der Waals surface area contributed by atoms with Gasteiger partial charge in [0.1, 0.15) is 5.76 Å². The number of benzene rings is 1. The van der Waals surface area contributed by atoms with Crippen LogP contribution in [0.4, 0.5) is 0 Å². The maximum atomic E-state index is 6.19. The van der Waals surface area contributed by atoms with Crippen LogP contribution in [0.5, 0.6) is 0 Å². The number of halogens is 1. The van der Waals surface area contributed by atoms with Gasteiger partial charge >= 0.3 is 0 Å². The van der Waals surface area contributed by atoms with Gasteiger partial charge in [0.2, 0.25) is 0 Å². The zero-order chi connectivity index (χ0) is 14.5. The van der Waals surface area contributed by atoms with E-state index in [0.29, 0.717) is 10.3 Å². The molecule has 110 valence electrons. The first kappa shape index (κ1) is 15.7. The predicted molar refractivity (Wildman–Crippen MR) is 89.9 cm³/mol. The molecule has 2 nitrogen and oxygen atoms in total. The molecule has 1 heterocycles. The zero-order valence-corrected chi connectivity index (χ0v) is 13.9. The topological polar surface area (TPSA) is 25.2 Å². The van der Waals surface area contributed by atoms with Crippen molar-refractivity contribution in [2.24, 2.45) is 0 Å². The highest BCUT2D eigenvalue weighted by Crippen LogP contribution is 2.31. The highest BCUT2D eigenvalue weighted by atomic mass is 35.5. The van der Waals surface area contributed by atoms with E-state index < -0.39 is 0 Å². The van der Waals surface area contributed by atoms with Crippen molar-refractivity contribution in [3.63, 3.8) is 0 Å². The lowest BCUT2D eigenvalue weighted by Gasteiger charge is -2.17. The summed E-state index contributed by atoms with van der Waals surface area (Å²) in [6.45, 7) is 7.61. The fourth-order valence-electron chi connectivity index (χ4n) is 2.07. The molecule has 20 heavy (non-hydrogen) atoms. The summed E-state index contributed by atoms with van der Waals surface area (Å²) < 4.78 is 5.98. The lowest BCUT2D eigenvalue weighted by atomic mass is 10.2. The second-order valence-corrected chi connectivity index (χ2v) is 7.21. The molecule has 0 radical (unpaired) electrons. The van der Waals surface area contributed by atoms with Gasteiger partial charge in [-0.05, 0) is 30.3 Å². The van der Waals surface area contributed by atoms with Crippen molar-refractivity contribution in [3.05, 3.63) is 35.0 Å². The Hall–Kier alpha value is -0.640. The van der Waals surface area contributed by atoms with E-state index in [-0.39, 0.29) is 6.04 Å². The number of nitrogens with one attached hydrogen (secondary N) is 1. The van der Waals surface area contributed by atoms with Gasteiger partial charge < -0.3 is 9.73 Å². The van der Waals surface area contributed by atoms with Gasteiger partial charge in [0.25, 0.3) is 0 Å². The molecule has 0 aliphatic rings. The molecule has 0 aliphatic carbocycles. The minimum absolute atomic E-state index is 0.241. The molecule has 2 rings (SSSR count). The average molecular weight is 312 g/mol. The second-order valence-electron chi connectivity index (χ2n) is 5.20. The van der Waals surface area contributed by atoms with Crippen LogP contribution in [0.3, 0.4) is 0 Å². The molecule has 1 atom stereocenters. The fourth-order valence-corrected chi connectivity index (χ4v) is 3.15. The molecule has 1 aromatic carbocycles. The van der Waals surface area contributed by atoms with Crippen molar-refractivity contribution < 1.29 is 4.42 Å². The highest BCUT2D eigenvalue weighted by Gasteiger charge is 2.17. The fraction of sp³-hybridized carbons (Fsp3) is 0.500. The molecule has 2 aromatic rings. The van der Waals surface area contributed by atoms with Crippen LogP contribution in [0, 0.1) is 0 Å². The van der Waals surface area contributed by atoms with Crippen LogP contribution < -0.4 is 5.32 Å². The Labute approximate surface area is 130 Å². The first-order valence-electron chi connectivity index (χ1n) is 7.14. The van der Waals surface area contributed by atoms with Gasteiger partial charge in [-0.2, -0.15) is 11.8 Å². The molecule has 0 spiro atoms. The van der Waals surface area contributed by atoms with E-state index >= 15 is 0 Å². The Morgan fingerprint density at radius 3 is 2.80 bits per heavy atom. The SMILES string of the molecule is CCCNC(CSC(C)C)c1cc2cccc(Cl)c2o1. The third-order valence-electron chi connectivity index (χ3n) is 3.10. The summed E-state index contributed by atoms with van der Waals surface area (Å²) in [6, 6.07) is 8.22. The van der Waals surface area contributed by atoms with Crippen molar-refractivity contribution >= 4 is 34.3 Å². The maximum Gasteiger partial charge on any atom is 0.152 e. The summed E-state index contributed by atoms with van der Waals surface area (Å²) in [7, 11) is 0. The Balaban J connectivity index is 2.22. The lowest BCUT2D eigenvalue weighted by Crippen LogP contribution is -2.24. The van der Waals surface area contributed by atoms with Gasteiger partial charge in [-0.1, -0.05) is 44.5 Å². The van der Waals surface area contributed by atoms with Gasteiger partial charge in [-0.25, -0.2) is 0 Å². The lowest BCUT2D eigenvalue weighted by molar-refractivity contribution is 0.456. The first-order chi connectivity index (χ1) is 9.61. The first-order valence-corrected chi connectivity index (χ1v) is 8.57. The van der Waals surface area contributed by atoms with Crippen LogP contribution in [0.15, 0.2) is 28.7 Å². The Morgan fingerprint density at radius 2 is 2.15 bits per heavy atom. The monoisotopic (exact) mass is 311 g/mol. The Morgan fingerprint density at radius 1 is 1.35 bits per heavy atom. The summed E-state index contributed by atoms with van der Waals surface area (Å²) in [5, 5.41) is 5.94. The number of furan rings is 1. The van der Waals surface area contributed by atoms with E-state index in [2.05, 4.69) is 32.2 Å². The second kappa shape index (κ2) is 7.39. The van der Waals surface area contributed by atoms with Crippen molar-refractivity contribution in [1.82, 2.24) is 5.32 Å². The van der Waals surface area contributed by atoms with E-state index in [1.807, 2.05) is 30.0 Å². The molecule has 0 fully saturated rings. The number of para-hydroxylation sites is 1. The third-order valence-corrected chi connectivity index (χ3v) is 4.59. The Kier molecular flexibility index (Phi) is 5.82. The van der Waals surface area contributed by atoms with Crippen molar-refractivity contribution in [2.45, 2.75) is 38.5 Å². The third kappa shape index (κ3) is 3.94. The normalized spacial score (nSPS) is 13.2. The van der Waals surface area contributed by atoms with Crippen LogP contribution in [0.1, 0.15) is 39.0 Å². The van der Waals surface area contributed by atoms with E-state index in [4.69, 9.17) is 16.0 Å². The van der Waals surface area contributed by atoms with Gasteiger partial charge in [0, 0.05) is 11.1 Å². The number of hydrogen-bond donors (Lipinski definition) is 1. The molecule has 1 N–H and O–H groups in total. The molecule has 1 aromatic heterocycles. The average Bonchev–Trinajstić information content (AvgIpc) is 2.84. The van der Waals surface area contributed by atoms with Gasteiger partial charge in [0.15, 0.2) is 5.58 Å². The molecule has 0 saturated heterocycles. The van der Waals surface area contributed by atoms with E-state index in [1.54, 1.807) is 0 Å². The van der Waals surface area contributed by atoms with Crippen molar-refractivity contribution in [3.8, 4) is 0 Å². The largest absolute Gasteiger partial charge is 0.458 e. The number of rotatable bonds is 7. The summed E-state index contributed by atoms with van der Waals surface area (Å²) >= 11 is 8.13. The quantitative estimate of drug-likeness (QED) is 0.754. The van der Waals surface area contributed by atoms with Gasteiger partial charge in [-0.15, -0.1) is 0 Å². The van der Waals surface area contributed by atoms with Crippen LogP contribution in [-0.4, -0.2) is 17.5 Å². The molecular formula is C16H22ClNOS. The van der Waals surface area contributed by atoms with E-state index in [0.717, 1.165) is 35.4 Å². The zero-order valence-electron chi connectivity index (χ0n) is 12.3.